The van der Waals surface area contributed by atoms with Crippen LogP contribution in [0.1, 0.15) is 38.5 Å². The van der Waals surface area contributed by atoms with Gasteiger partial charge in [0.05, 0.1) is 16.1 Å². The van der Waals surface area contributed by atoms with Crippen molar-refractivity contribution in [2.75, 3.05) is 30.8 Å². The molecule has 34 heavy (non-hydrogen) atoms. The molecule has 3 aromatic rings. The molecule has 182 valence electrons. The molecule has 0 radical (unpaired) electrons. The fourth-order valence-electron chi connectivity index (χ4n) is 4.56. The van der Waals surface area contributed by atoms with Crippen LogP contribution < -0.4 is 20.9 Å². The first-order valence-electron chi connectivity index (χ1n) is 11.6. The van der Waals surface area contributed by atoms with Crippen LogP contribution in [0.4, 0.5) is 17.5 Å². The van der Waals surface area contributed by atoms with Gasteiger partial charge in [-0.1, -0.05) is 0 Å². The van der Waals surface area contributed by atoms with Crippen molar-refractivity contribution in [3.63, 3.8) is 0 Å². The number of H-pyrrole nitrogens is 1. The Bertz CT molecular complexity index is 1170. The molecule has 0 bridgehead atoms. The molecule has 1 saturated heterocycles. The Kier molecular flexibility index (Phi) is 7.95. The first-order chi connectivity index (χ1) is 16.0. The maximum atomic E-state index is 12.7. The predicted octanol–water partition coefficient (Wildman–Crippen LogP) is 5.07. The molecule has 1 aliphatic heterocycles. The normalized spacial score (nSPS) is 17.5. The molecule has 3 heterocycles. The van der Waals surface area contributed by atoms with Gasteiger partial charge in [-0.2, -0.15) is 4.98 Å². The summed E-state index contributed by atoms with van der Waals surface area (Å²) in [6.45, 7) is 2.07. The maximum Gasteiger partial charge on any atom is 0.261 e. The molecule has 10 heteroatoms. The fraction of sp³-hybridized carbons (Fsp3) is 0.458. The lowest BCUT2D eigenvalue weighted by atomic mass is 10.1. The summed E-state index contributed by atoms with van der Waals surface area (Å²) in [5, 5.41) is 7.22. The average Bonchev–Trinajstić information content (AvgIpc) is 3.32. The minimum Gasteiger partial charge on any atom is -0.490 e. The number of fused-ring (bicyclic) bond motifs is 1. The lowest BCUT2D eigenvalue weighted by Gasteiger charge is -2.29. The summed E-state index contributed by atoms with van der Waals surface area (Å²) < 4.78 is 6.79. The van der Waals surface area contributed by atoms with Crippen molar-refractivity contribution >= 4 is 56.7 Å². The summed E-state index contributed by atoms with van der Waals surface area (Å²) in [6, 6.07) is 8.13. The van der Waals surface area contributed by atoms with Crippen LogP contribution in [0.2, 0.25) is 0 Å². The van der Waals surface area contributed by atoms with Crippen LogP contribution in [0, 0.1) is 0 Å². The zero-order chi connectivity index (χ0) is 22.8. The Morgan fingerprint density at radius 1 is 1.09 bits per heavy atom. The van der Waals surface area contributed by atoms with Crippen molar-refractivity contribution in [1.82, 2.24) is 19.9 Å². The minimum atomic E-state index is -0.234. The number of hydrogen-bond acceptors (Lipinski definition) is 7. The van der Waals surface area contributed by atoms with Crippen LogP contribution in [0.3, 0.4) is 0 Å². The molecule has 0 atom stereocenters. The largest absolute Gasteiger partial charge is 0.490 e. The van der Waals surface area contributed by atoms with E-state index in [1.807, 2.05) is 24.3 Å². The lowest BCUT2D eigenvalue weighted by molar-refractivity contribution is 0.210. The van der Waals surface area contributed by atoms with Crippen molar-refractivity contribution in [2.24, 2.45) is 0 Å². The quantitative estimate of drug-likeness (QED) is 0.395. The van der Waals surface area contributed by atoms with Gasteiger partial charge in [0.25, 0.3) is 5.56 Å². The number of benzene rings is 1. The van der Waals surface area contributed by atoms with E-state index in [-0.39, 0.29) is 18.0 Å². The second-order valence-electron chi connectivity index (χ2n) is 8.98. The van der Waals surface area contributed by atoms with Crippen molar-refractivity contribution in [3.05, 3.63) is 45.3 Å². The van der Waals surface area contributed by atoms with Gasteiger partial charge in [0.15, 0.2) is 0 Å². The number of anilines is 3. The molecule has 1 saturated carbocycles. The van der Waals surface area contributed by atoms with Crippen molar-refractivity contribution in [3.8, 4) is 5.75 Å². The summed E-state index contributed by atoms with van der Waals surface area (Å²) >= 11 is 3.53. The highest BCUT2D eigenvalue weighted by Gasteiger charge is 2.20. The number of nitrogens with one attached hydrogen (secondary N) is 3. The zero-order valence-electron chi connectivity index (χ0n) is 19.1. The molecule has 2 aromatic heterocycles. The molecule has 1 aromatic carbocycles. The van der Waals surface area contributed by atoms with Gasteiger partial charge in [-0.15, -0.1) is 12.4 Å². The smallest absolute Gasteiger partial charge is 0.261 e. The number of hydrogen-bond donors (Lipinski definition) is 3. The molecular formula is C24H30BrClN6O2. The molecule has 1 aliphatic carbocycles. The van der Waals surface area contributed by atoms with E-state index < -0.39 is 0 Å². The van der Waals surface area contributed by atoms with Gasteiger partial charge in [-0.25, -0.2) is 4.98 Å². The van der Waals surface area contributed by atoms with E-state index >= 15 is 0 Å². The summed E-state index contributed by atoms with van der Waals surface area (Å²) in [5.74, 6) is 1.86. The zero-order valence-corrected chi connectivity index (χ0v) is 21.5. The van der Waals surface area contributed by atoms with E-state index in [2.05, 4.69) is 48.5 Å². The fourth-order valence-corrected chi connectivity index (χ4v) is 4.96. The van der Waals surface area contributed by atoms with E-state index in [9.17, 15) is 4.79 Å². The first kappa shape index (κ1) is 24.8. The SMILES string of the molecule is CN1CCC(Nc2nc(Nc3ccc(OC4CCCC4)cc3)c3c(=O)[nH]cc(Br)c3n2)CC1.Cl. The molecule has 0 unspecified atom stereocenters. The highest BCUT2D eigenvalue weighted by molar-refractivity contribution is 9.10. The van der Waals surface area contributed by atoms with Gasteiger partial charge in [-0.3, -0.25) is 4.79 Å². The van der Waals surface area contributed by atoms with Gasteiger partial charge in [0, 0.05) is 17.9 Å². The van der Waals surface area contributed by atoms with Gasteiger partial charge in [-0.05, 0) is 98.9 Å². The molecular weight excluding hydrogens is 520 g/mol. The molecule has 5 rings (SSSR count). The second kappa shape index (κ2) is 10.9. The Morgan fingerprint density at radius 2 is 1.79 bits per heavy atom. The van der Waals surface area contributed by atoms with E-state index in [0.717, 1.165) is 50.2 Å². The Morgan fingerprint density at radius 3 is 2.50 bits per heavy atom. The Balaban J connectivity index is 0.00000274. The summed E-state index contributed by atoms with van der Waals surface area (Å²) in [6.07, 6.45) is 8.72. The molecule has 2 fully saturated rings. The third-order valence-corrected chi connectivity index (χ3v) is 7.07. The van der Waals surface area contributed by atoms with Crippen molar-refractivity contribution in [2.45, 2.75) is 50.7 Å². The monoisotopic (exact) mass is 548 g/mol. The van der Waals surface area contributed by atoms with Crippen molar-refractivity contribution < 1.29 is 4.74 Å². The number of aromatic amines is 1. The third-order valence-electron chi connectivity index (χ3n) is 6.47. The number of pyridine rings is 1. The number of nitrogens with zero attached hydrogens (tertiary/aromatic N) is 3. The lowest BCUT2D eigenvalue weighted by Crippen LogP contribution is -2.37. The van der Waals surface area contributed by atoms with E-state index in [1.165, 1.54) is 12.8 Å². The van der Waals surface area contributed by atoms with Crippen LogP contribution in [0.25, 0.3) is 10.9 Å². The van der Waals surface area contributed by atoms with Crippen molar-refractivity contribution in [1.29, 1.82) is 0 Å². The van der Waals surface area contributed by atoms with Crippen LogP contribution in [-0.4, -0.2) is 52.1 Å². The molecule has 3 N–H and O–H groups in total. The van der Waals surface area contributed by atoms with E-state index in [4.69, 9.17) is 9.72 Å². The summed E-state index contributed by atoms with van der Waals surface area (Å²) in [5.41, 5.74) is 1.17. The van der Waals surface area contributed by atoms with Gasteiger partial charge in [0.1, 0.15) is 17.0 Å². The van der Waals surface area contributed by atoms with Crippen LogP contribution in [-0.2, 0) is 0 Å². The van der Waals surface area contributed by atoms with E-state index in [1.54, 1.807) is 6.20 Å². The highest BCUT2D eigenvalue weighted by Crippen LogP contribution is 2.29. The first-order valence-corrected chi connectivity index (χ1v) is 12.4. The number of halogens is 2. The Labute approximate surface area is 213 Å². The molecule has 0 spiro atoms. The second-order valence-corrected chi connectivity index (χ2v) is 9.84. The van der Waals surface area contributed by atoms with Crippen LogP contribution >= 0.6 is 28.3 Å². The topological polar surface area (TPSA) is 95.2 Å². The van der Waals surface area contributed by atoms with E-state index in [0.29, 0.717) is 39.3 Å². The molecule has 0 amide bonds. The molecule has 8 nitrogen and oxygen atoms in total. The minimum absolute atomic E-state index is 0. The summed E-state index contributed by atoms with van der Waals surface area (Å²) in [7, 11) is 2.14. The average molecular weight is 550 g/mol. The number of likely N-dealkylation sites (tertiary alicyclic amines) is 1. The number of ether oxygens (including phenoxy) is 1. The molecule has 2 aliphatic rings. The van der Waals surface area contributed by atoms with Gasteiger partial charge >= 0.3 is 0 Å². The van der Waals surface area contributed by atoms with Crippen LogP contribution in [0.15, 0.2) is 39.7 Å². The maximum absolute atomic E-state index is 12.7. The van der Waals surface area contributed by atoms with Crippen LogP contribution in [0.5, 0.6) is 5.75 Å². The Hall–Kier alpha value is -2.36. The summed E-state index contributed by atoms with van der Waals surface area (Å²) in [4.78, 5) is 27.1. The standard InChI is InChI=1S/C24H29BrN6O2.ClH/c1-31-12-10-16(11-13-31)28-24-29-21-19(25)14-26-23(32)20(21)22(30-24)27-15-6-8-18(9-7-15)33-17-4-2-3-5-17;/h6-9,14,16-17H,2-5,10-13H2,1H3,(H,26,32)(H2,27,28,29,30);1H. The third kappa shape index (κ3) is 5.64. The number of piperidine rings is 1. The van der Waals surface area contributed by atoms with Gasteiger partial charge in [0.2, 0.25) is 5.95 Å². The predicted molar refractivity (Wildman–Crippen MR) is 142 cm³/mol. The highest BCUT2D eigenvalue weighted by atomic mass is 79.9. The number of aromatic nitrogens is 3. The number of rotatable bonds is 6. The van der Waals surface area contributed by atoms with Gasteiger partial charge < -0.3 is 25.3 Å².